The molecule has 1 aromatic carbocycles. The van der Waals surface area contributed by atoms with Gasteiger partial charge in [-0.05, 0) is 69.1 Å². The van der Waals surface area contributed by atoms with Gasteiger partial charge in [0.1, 0.15) is 5.82 Å². The standard InChI is InChI=1S/C14H12Br2ClFN2/c1-19-13(14-10(16)6-9(15)7-20-14)5-8-2-3-12(18)11(17)4-8/h2-4,6-7,13,19H,5H2,1H3. The van der Waals surface area contributed by atoms with Crippen LogP contribution in [-0.2, 0) is 6.42 Å². The average Bonchev–Trinajstić information content (AvgIpc) is 2.41. The molecule has 0 saturated heterocycles. The topological polar surface area (TPSA) is 24.9 Å². The van der Waals surface area contributed by atoms with Crippen LogP contribution in [0.3, 0.4) is 0 Å². The van der Waals surface area contributed by atoms with Gasteiger partial charge in [-0.25, -0.2) is 4.39 Å². The smallest absolute Gasteiger partial charge is 0.141 e. The van der Waals surface area contributed by atoms with Gasteiger partial charge in [-0.1, -0.05) is 17.7 Å². The number of rotatable bonds is 4. The molecule has 1 atom stereocenters. The Morgan fingerprint density at radius 2 is 2.10 bits per heavy atom. The monoisotopic (exact) mass is 420 g/mol. The lowest BCUT2D eigenvalue weighted by Gasteiger charge is -2.17. The van der Waals surface area contributed by atoms with Crippen molar-refractivity contribution in [3.05, 3.63) is 61.5 Å². The van der Waals surface area contributed by atoms with Gasteiger partial charge in [0.2, 0.25) is 0 Å². The fourth-order valence-electron chi connectivity index (χ4n) is 1.92. The Bertz CT molecular complexity index is 622. The van der Waals surface area contributed by atoms with E-state index < -0.39 is 5.82 Å². The average molecular weight is 423 g/mol. The Morgan fingerprint density at radius 3 is 2.70 bits per heavy atom. The van der Waals surface area contributed by atoms with Crippen LogP contribution >= 0.6 is 43.5 Å². The maximum absolute atomic E-state index is 13.2. The summed E-state index contributed by atoms with van der Waals surface area (Å²) < 4.78 is 15.0. The van der Waals surface area contributed by atoms with E-state index in [4.69, 9.17) is 11.6 Å². The SMILES string of the molecule is CNC(Cc1ccc(F)c(Cl)c1)c1ncc(Br)cc1Br. The molecule has 0 aliphatic carbocycles. The lowest BCUT2D eigenvalue weighted by molar-refractivity contribution is 0.571. The summed E-state index contributed by atoms with van der Waals surface area (Å²) in [6.45, 7) is 0. The lowest BCUT2D eigenvalue weighted by Crippen LogP contribution is -2.20. The van der Waals surface area contributed by atoms with Crippen molar-refractivity contribution in [3.63, 3.8) is 0 Å². The van der Waals surface area contributed by atoms with Gasteiger partial charge in [0, 0.05) is 15.1 Å². The Kier molecular flexibility index (Phi) is 5.55. The molecule has 1 unspecified atom stereocenters. The fraction of sp³-hybridized carbons (Fsp3) is 0.214. The van der Waals surface area contributed by atoms with E-state index in [-0.39, 0.29) is 11.1 Å². The summed E-state index contributed by atoms with van der Waals surface area (Å²) in [5.41, 5.74) is 1.85. The molecule has 0 radical (unpaired) electrons. The molecule has 0 amide bonds. The highest BCUT2D eigenvalue weighted by molar-refractivity contribution is 9.11. The zero-order valence-electron chi connectivity index (χ0n) is 10.6. The highest BCUT2D eigenvalue weighted by atomic mass is 79.9. The van der Waals surface area contributed by atoms with E-state index in [0.717, 1.165) is 20.2 Å². The molecule has 0 saturated carbocycles. The van der Waals surface area contributed by atoms with Crippen LogP contribution in [0.25, 0.3) is 0 Å². The maximum atomic E-state index is 13.2. The molecule has 106 valence electrons. The van der Waals surface area contributed by atoms with E-state index >= 15 is 0 Å². The molecular weight excluding hydrogens is 410 g/mol. The van der Waals surface area contributed by atoms with Crippen LogP contribution in [-0.4, -0.2) is 12.0 Å². The summed E-state index contributed by atoms with van der Waals surface area (Å²) in [4.78, 5) is 4.42. The normalized spacial score (nSPS) is 12.4. The van der Waals surface area contributed by atoms with Crippen LogP contribution in [0, 0.1) is 5.82 Å². The van der Waals surface area contributed by atoms with Crippen LogP contribution in [0.1, 0.15) is 17.3 Å². The molecule has 1 aromatic heterocycles. The summed E-state index contributed by atoms with van der Waals surface area (Å²) in [6.07, 6.45) is 2.42. The van der Waals surface area contributed by atoms with E-state index in [1.807, 2.05) is 13.1 Å². The van der Waals surface area contributed by atoms with Crippen molar-refractivity contribution in [3.8, 4) is 0 Å². The van der Waals surface area contributed by atoms with Gasteiger partial charge < -0.3 is 5.32 Å². The first-order valence-corrected chi connectivity index (χ1v) is 7.89. The molecule has 20 heavy (non-hydrogen) atoms. The molecule has 0 fully saturated rings. The van der Waals surface area contributed by atoms with Crippen molar-refractivity contribution in [2.75, 3.05) is 7.05 Å². The van der Waals surface area contributed by atoms with Gasteiger partial charge in [-0.2, -0.15) is 0 Å². The third-order valence-corrected chi connectivity index (χ3v) is 4.30. The largest absolute Gasteiger partial charge is 0.311 e. The van der Waals surface area contributed by atoms with Gasteiger partial charge in [0.05, 0.1) is 16.8 Å². The van der Waals surface area contributed by atoms with E-state index in [1.165, 1.54) is 6.07 Å². The van der Waals surface area contributed by atoms with E-state index in [0.29, 0.717) is 6.42 Å². The first-order valence-electron chi connectivity index (χ1n) is 5.93. The molecule has 6 heteroatoms. The van der Waals surface area contributed by atoms with E-state index in [2.05, 4.69) is 42.2 Å². The van der Waals surface area contributed by atoms with Crippen molar-refractivity contribution in [2.45, 2.75) is 12.5 Å². The van der Waals surface area contributed by atoms with Gasteiger partial charge >= 0.3 is 0 Å². The molecule has 1 N–H and O–H groups in total. The van der Waals surface area contributed by atoms with E-state index in [1.54, 1.807) is 18.3 Å². The second-order valence-corrected chi connectivity index (χ2v) is 6.49. The Balaban J connectivity index is 2.26. The Hall–Kier alpha value is -0.490. The Labute approximate surface area is 139 Å². The van der Waals surface area contributed by atoms with Gasteiger partial charge in [-0.15, -0.1) is 0 Å². The number of pyridine rings is 1. The van der Waals surface area contributed by atoms with Crippen molar-refractivity contribution >= 4 is 43.5 Å². The number of hydrogen-bond acceptors (Lipinski definition) is 2. The highest BCUT2D eigenvalue weighted by Gasteiger charge is 2.16. The number of nitrogens with zero attached hydrogens (tertiary/aromatic N) is 1. The summed E-state index contributed by atoms with van der Waals surface area (Å²) in [5.74, 6) is -0.403. The predicted molar refractivity (Wildman–Crippen MR) is 86.6 cm³/mol. The molecule has 0 aliphatic rings. The number of nitrogens with one attached hydrogen (secondary N) is 1. The van der Waals surface area contributed by atoms with Crippen LogP contribution in [0.4, 0.5) is 4.39 Å². The minimum Gasteiger partial charge on any atom is -0.311 e. The quantitative estimate of drug-likeness (QED) is 0.758. The summed E-state index contributed by atoms with van der Waals surface area (Å²) in [7, 11) is 1.87. The van der Waals surface area contributed by atoms with E-state index in [9.17, 15) is 4.39 Å². The third kappa shape index (κ3) is 3.79. The number of aromatic nitrogens is 1. The third-order valence-electron chi connectivity index (χ3n) is 2.94. The van der Waals surface area contributed by atoms with Crippen molar-refractivity contribution in [2.24, 2.45) is 0 Å². The fourth-order valence-corrected chi connectivity index (χ4v) is 3.39. The number of benzene rings is 1. The highest BCUT2D eigenvalue weighted by Crippen LogP contribution is 2.27. The van der Waals surface area contributed by atoms with Gasteiger partial charge in [-0.3, -0.25) is 4.98 Å². The second-order valence-electron chi connectivity index (χ2n) is 4.31. The molecular formula is C14H12Br2ClFN2. The summed E-state index contributed by atoms with van der Waals surface area (Å²) in [5, 5.41) is 3.36. The molecule has 2 rings (SSSR count). The maximum Gasteiger partial charge on any atom is 0.141 e. The number of halogens is 4. The van der Waals surface area contributed by atoms with Crippen LogP contribution in [0.15, 0.2) is 39.4 Å². The lowest BCUT2D eigenvalue weighted by atomic mass is 10.0. The first kappa shape index (κ1) is 15.9. The van der Waals surface area contributed by atoms with Gasteiger partial charge in [0.15, 0.2) is 0 Å². The van der Waals surface area contributed by atoms with Crippen molar-refractivity contribution in [1.82, 2.24) is 10.3 Å². The van der Waals surface area contributed by atoms with Crippen molar-refractivity contribution in [1.29, 1.82) is 0 Å². The summed E-state index contributed by atoms with van der Waals surface area (Å²) in [6, 6.07) is 6.73. The molecule has 1 heterocycles. The molecule has 0 bridgehead atoms. The molecule has 0 spiro atoms. The van der Waals surface area contributed by atoms with Crippen molar-refractivity contribution < 1.29 is 4.39 Å². The summed E-state index contributed by atoms with van der Waals surface area (Å²) >= 11 is 12.7. The molecule has 2 aromatic rings. The number of hydrogen-bond donors (Lipinski definition) is 1. The second kappa shape index (κ2) is 6.98. The first-order chi connectivity index (χ1) is 9.51. The zero-order chi connectivity index (χ0) is 14.7. The molecule has 2 nitrogen and oxygen atoms in total. The van der Waals surface area contributed by atoms with Crippen LogP contribution in [0.5, 0.6) is 0 Å². The number of likely N-dealkylation sites (N-methyl/N-ethyl adjacent to an activating group) is 1. The Morgan fingerprint density at radius 1 is 1.35 bits per heavy atom. The zero-order valence-corrected chi connectivity index (χ0v) is 14.6. The van der Waals surface area contributed by atoms with Gasteiger partial charge in [0.25, 0.3) is 0 Å². The van der Waals surface area contributed by atoms with Crippen LogP contribution in [0.2, 0.25) is 5.02 Å². The molecule has 0 aliphatic heterocycles. The van der Waals surface area contributed by atoms with Crippen LogP contribution < -0.4 is 5.32 Å². The minimum absolute atomic E-state index is 0.0130. The minimum atomic E-state index is -0.403. The predicted octanol–water partition coefficient (Wildman–Crippen LogP) is 4.90.